The number of nitrogens with one attached hydrogen (secondary N) is 1. The number of nitrogens with zero attached hydrogens (tertiary/aromatic N) is 2. The summed E-state index contributed by atoms with van der Waals surface area (Å²) < 4.78 is 0. The summed E-state index contributed by atoms with van der Waals surface area (Å²) in [5.74, 6) is 1.08. The number of hydrogen-bond acceptors (Lipinski definition) is 6. The number of allylic oxidation sites excluding steroid dienone is 2. The minimum absolute atomic E-state index is 0.00381. The monoisotopic (exact) mass is 561 g/mol. The number of thioether (sulfide) groups is 1. The van der Waals surface area contributed by atoms with Crippen LogP contribution in [-0.4, -0.2) is 73.9 Å². The molecule has 2 aromatic carbocycles. The lowest BCUT2D eigenvalue weighted by Crippen LogP contribution is -2.45. The fraction of sp³-hybridized carbons (Fsp3) is 0.529. The molecule has 2 aliphatic rings. The molecule has 0 spiro atoms. The largest absolute Gasteiger partial charge is 0.304 e. The summed E-state index contributed by atoms with van der Waals surface area (Å²) >= 11 is 1.79. The lowest BCUT2D eigenvalue weighted by atomic mass is 9.86. The highest BCUT2D eigenvalue weighted by molar-refractivity contribution is 7.99. The van der Waals surface area contributed by atoms with Crippen LogP contribution in [0.4, 0.5) is 0 Å². The molecule has 0 bridgehead atoms. The Hall–Kier alpha value is -2.25. The number of carbonyl (C=O) groups excluding carboxylic acids is 2. The molecular weight excluding hydrogens is 514 g/mol. The molecule has 3 atom stereocenters. The van der Waals surface area contributed by atoms with Gasteiger partial charge in [0.05, 0.1) is 6.04 Å². The fourth-order valence-corrected chi connectivity index (χ4v) is 7.32. The number of piperazine rings is 1. The molecule has 5 nitrogen and oxygen atoms in total. The Morgan fingerprint density at radius 1 is 1.07 bits per heavy atom. The average Bonchev–Trinajstić information content (AvgIpc) is 3.62. The number of rotatable bonds is 14. The van der Waals surface area contributed by atoms with Gasteiger partial charge >= 0.3 is 0 Å². The highest BCUT2D eigenvalue weighted by Gasteiger charge is 2.53. The van der Waals surface area contributed by atoms with Crippen molar-refractivity contribution in [2.75, 3.05) is 52.1 Å². The number of ketones is 1. The van der Waals surface area contributed by atoms with Crippen molar-refractivity contribution in [3.63, 3.8) is 0 Å². The normalized spacial score (nSPS) is 22.5. The Bertz CT molecular complexity index is 1170. The molecule has 1 aliphatic carbocycles. The van der Waals surface area contributed by atoms with Gasteiger partial charge in [0.1, 0.15) is 12.1 Å². The molecule has 1 saturated carbocycles. The summed E-state index contributed by atoms with van der Waals surface area (Å²) in [6, 6.07) is 16.8. The molecule has 0 radical (unpaired) electrons. The molecule has 3 unspecified atom stereocenters. The summed E-state index contributed by atoms with van der Waals surface area (Å²) in [6.07, 6.45) is 3.96. The van der Waals surface area contributed by atoms with Crippen LogP contribution in [-0.2, 0) is 9.59 Å². The van der Waals surface area contributed by atoms with E-state index in [2.05, 4.69) is 91.5 Å². The Balaban J connectivity index is 1.36. The quantitative estimate of drug-likeness (QED) is 0.173. The number of benzene rings is 2. The summed E-state index contributed by atoms with van der Waals surface area (Å²) in [7, 11) is 2.18. The van der Waals surface area contributed by atoms with E-state index in [4.69, 9.17) is 0 Å². The van der Waals surface area contributed by atoms with Crippen molar-refractivity contribution in [1.82, 2.24) is 15.1 Å². The fourth-order valence-electron chi connectivity index (χ4n) is 6.03. The van der Waals surface area contributed by atoms with Crippen LogP contribution in [0.25, 0.3) is 5.57 Å². The highest BCUT2D eigenvalue weighted by Crippen LogP contribution is 2.61. The number of aryl methyl sites for hydroxylation is 1. The first-order valence-electron chi connectivity index (χ1n) is 14.9. The molecule has 1 aliphatic heterocycles. The first-order chi connectivity index (χ1) is 19.2. The second-order valence-electron chi connectivity index (χ2n) is 11.9. The zero-order chi connectivity index (χ0) is 28.7. The number of Topliss-reactive ketones (excluding diaryl/α,β-unsaturated/α-hetero) is 1. The topological polar surface area (TPSA) is 52.7 Å². The van der Waals surface area contributed by atoms with Gasteiger partial charge in [-0.3, -0.25) is 4.79 Å². The van der Waals surface area contributed by atoms with Crippen LogP contribution >= 0.6 is 11.8 Å². The minimum atomic E-state index is -0.286. The summed E-state index contributed by atoms with van der Waals surface area (Å²) in [5, 5.41) is 3.45. The smallest absolute Gasteiger partial charge is 0.141 e. The maximum atomic E-state index is 12.8. The number of carbonyl (C=O) groups is 2. The Kier molecular flexibility index (Phi) is 10.8. The van der Waals surface area contributed by atoms with E-state index >= 15 is 0 Å². The van der Waals surface area contributed by atoms with Crippen LogP contribution in [0.5, 0.6) is 0 Å². The van der Waals surface area contributed by atoms with Gasteiger partial charge in [-0.05, 0) is 82.1 Å². The molecule has 4 rings (SSSR count). The third-order valence-corrected chi connectivity index (χ3v) is 9.99. The molecule has 2 aromatic rings. The van der Waals surface area contributed by atoms with Crippen molar-refractivity contribution < 1.29 is 9.59 Å². The highest BCUT2D eigenvalue weighted by atomic mass is 32.2. The van der Waals surface area contributed by atoms with Gasteiger partial charge in [-0.25, -0.2) is 0 Å². The van der Waals surface area contributed by atoms with Gasteiger partial charge < -0.3 is 19.9 Å². The van der Waals surface area contributed by atoms with Gasteiger partial charge in [-0.15, -0.1) is 11.8 Å². The average molecular weight is 562 g/mol. The Morgan fingerprint density at radius 2 is 1.75 bits per heavy atom. The van der Waals surface area contributed by atoms with Crippen LogP contribution in [0.15, 0.2) is 59.0 Å². The van der Waals surface area contributed by atoms with Crippen molar-refractivity contribution in [2.45, 2.75) is 57.9 Å². The van der Waals surface area contributed by atoms with Crippen LogP contribution in [0.3, 0.4) is 0 Å². The number of hydrogen-bond donors (Lipinski definition) is 1. The van der Waals surface area contributed by atoms with Crippen molar-refractivity contribution in [1.29, 1.82) is 0 Å². The van der Waals surface area contributed by atoms with Gasteiger partial charge in [0, 0.05) is 48.2 Å². The van der Waals surface area contributed by atoms with Gasteiger partial charge in [0.25, 0.3) is 0 Å². The van der Waals surface area contributed by atoms with Crippen molar-refractivity contribution >= 4 is 29.4 Å². The molecular formula is C34H47N3O2S. The zero-order valence-electron chi connectivity index (χ0n) is 25.0. The summed E-state index contributed by atoms with van der Waals surface area (Å²) in [6.45, 7) is 14.7. The van der Waals surface area contributed by atoms with Crippen molar-refractivity contribution in [3.05, 3.63) is 70.8 Å². The van der Waals surface area contributed by atoms with Crippen molar-refractivity contribution in [3.8, 4) is 0 Å². The van der Waals surface area contributed by atoms with E-state index in [1.54, 1.807) is 18.7 Å². The molecule has 6 heteroatoms. The first kappa shape index (κ1) is 30.7. The van der Waals surface area contributed by atoms with E-state index < -0.39 is 0 Å². The van der Waals surface area contributed by atoms with E-state index in [-0.39, 0.29) is 23.2 Å². The molecule has 1 saturated heterocycles. The van der Waals surface area contributed by atoms with E-state index in [1.165, 1.54) is 27.2 Å². The Morgan fingerprint density at radius 3 is 2.35 bits per heavy atom. The van der Waals surface area contributed by atoms with Crippen LogP contribution in [0, 0.1) is 18.3 Å². The van der Waals surface area contributed by atoms with Crippen LogP contribution in [0.2, 0.25) is 0 Å². The van der Waals surface area contributed by atoms with Gasteiger partial charge in [-0.1, -0.05) is 61.4 Å². The maximum Gasteiger partial charge on any atom is 0.141 e. The van der Waals surface area contributed by atoms with Gasteiger partial charge in [0.2, 0.25) is 0 Å². The number of aldehydes is 1. The van der Waals surface area contributed by atoms with Gasteiger partial charge in [-0.2, -0.15) is 0 Å². The Labute approximate surface area is 245 Å². The molecule has 1 N–H and O–H groups in total. The lowest BCUT2D eigenvalue weighted by Gasteiger charge is -2.32. The molecule has 0 aromatic heterocycles. The minimum Gasteiger partial charge on any atom is -0.304 e. The predicted molar refractivity (Wildman–Crippen MR) is 168 cm³/mol. The summed E-state index contributed by atoms with van der Waals surface area (Å²) in [5.41, 5.74) is 6.16. The van der Waals surface area contributed by atoms with Crippen molar-refractivity contribution in [2.24, 2.45) is 11.3 Å². The third-order valence-electron chi connectivity index (χ3n) is 8.89. The molecule has 40 heavy (non-hydrogen) atoms. The first-order valence-corrected chi connectivity index (χ1v) is 15.9. The van der Waals surface area contributed by atoms with Gasteiger partial charge in [0.15, 0.2) is 0 Å². The standard InChI is InChI=1S/C34H47N3O2S/c1-6-30(31-22-34(31,4)32(26(3)39)24-40-29-14-8-25(2)9-15-29)27-10-12-28(13-11-27)33(23-38)35-16-7-17-37-20-18-36(5)19-21-37/h8-15,23,32-33,35H,6-7,16-22,24H2,1-5H3. The number of likely N-dealkylation sites (N-methyl/N-ethyl adjacent to an activating group) is 1. The van der Waals surface area contributed by atoms with E-state index in [0.29, 0.717) is 0 Å². The molecule has 0 amide bonds. The molecule has 2 fully saturated rings. The van der Waals surface area contributed by atoms with Crippen LogP contribution in [0.1, 0.15) is 62.8 Å². The predicted octanol–water partition coefficient (Wildman–Crippen LogP) is 6.03. The second kappa shape index (κ2) is 14.1. The maximum absolute atomic E-state index is 12.8. The molecule has 1 heterocycles. The third kappa shape index (κ3) is 7.73. The van der Waals surface area contributed by atoms with E-state index in [9.17, 15) is 9.59 Å². The SMILES string of the molecule is CCC(=C1CC1(C)C(CSc1ccc(C)cc1)C(C)=O)c1ccc(C(C=O)NCCCN2CCN(C)CC2)cc1. The second-order valence-corrected chi connectivity index (χ2v) is 13.0. The summed E-state index contributed by atoms with van der Waals surface area (Å²) in [4.78, 5) is 30.8. The lowest BCUT2D eigenvalue weighted by molar-refractivity contribution is -0.121. The van der Waals surface area contributed by atoms with Crippen LogP contribution < -0.4 is 5.32 Å². The van der Waals surface area contributed by atoms with E-state index in [1.807, 2.05) is 0 Å². The zero-order valence-corrected chi connectivity index (χ0v) is 25.9. The molecule has 216 valence electrons. The van der Waals surface area contributed by atoms with E-state index in [0.717, 1.165) is 76.1 Å².